The third-order valence-corrected chi connectivity index (χ3v) is 2.87. The van der Waals surface area contributed by atoms with E-state index in [4.69, 9.17) is 10.5 Å². The summed E-state index contributed by atoms with van der Waals surface area (Å²) in [4.78, 5) is 4.24. The molecule has 0 aromatic carbocycles. The smallest absolute Gasteiger partial charge is 0.257 e. The van der Waals surface area contributed by atoms with E-state index in [-0.39, 0.29) is 0 Å². The molecule has 0 saturated heterocycles. The molecule has 3 aromatic rings. The lowest BCUT2D eigenvalue weighted by molar-refractivity contribution is 0.308. The summed E-state index contributed by atoms with van der Waals surface area (Å²) in [6.45, 7) is 0.505. The van der Waals surface area contributed by atoms with E-state index >= 15 is 0 Å². The Bertz CT molecular complexity index is 678. The van der Waals surface area contributed by atoms with Crippen LogP contribution in [0, 0.1) is 0 Å². The molecule has 5 heteroatoms. The summed E-state index contributed by atoms with van der Waals surface area (Å²) < 4.78 is 7.34. The summed E-state index contributed by atoms with van der Waals surface area (Å²) in [6, 6.07) is 11.6. The Morgan fingerprint density at radius 2 is 2.05 bits per heavy atom. The average Bonchev–Trinajstić information content (AvgIpc) is 2.78. The molecule has 96 valence electrons. The number of hydrogen-bond acceptors (Lipinski definition) is 4. The molecule has 3 rings (SSSR count). The Morgan fingerprint density at radius 3 is 2.84 bits per heavy atom. The van der Waals surface area contributed by atoms with Gasteiger partial charge in [0, 0.05) is 24.5 Å². The SMILES string of the molecule is Nc1c(OCCc2ccccn2)nn2ccccc12. The highest BCUT2D eigenvalue weighted by molar-refractivity contribution is 5.74. The van der Waals surface area contributed by atoms with E-state index in [9.17, 15) is 0 Å². The van der Waals surface area contributed by atoms with Gasteiger partial charge in [-0.2, -0.15) is 0 Å². The molecule has 5 nitrogen and oxygen atoms in total. The quantitative estimate of drug-likeness (QED) is 0.772. The van der Waals surface area contributed by atoms with Crippen LogP contribution in [0.2, 0.25) is 0 Å². The zero-order valence-corrected chi connectivity index (χ0v) is 10.4. The van der Waals surface area contributed by atoms with Crippen molar-refractivity contribution in [2.75, 3.05) is 12.3 Å². The minimum Gasteiger partial charge on any atom is -0.475 e. The van der Waals surface area contributed by atoms with Crippen molar-refractivity contribution in [3.63, 3.8) is 0 Å². The molecule has 0 aliphatic rings. The van der Waals surface area contributed by atoms with Gasteiger partial charge < -0.3 is 10.5 Å². The summed E-state index contributed by atoms with van der Waals surface area (Å²) in [5, 5.41) is 4.29. The first-order chi connectivity index (χ1) is 9.34. The number of nitrogens with zero attached hydrogens (tertiary/aromatic N) is 3. The molecule has 0 unspecified atom stereocenters. The van der Waals surface area contributed by atoms with Gasteiger partial charge in [-0.25, -0.2) is 4.52 Å². The maximum Gasteiger partial charge on any atom is 0.257 e. The maximum atomic E-state index is 5.99. The topological polar surface area (TPSA) is 65.4 Å². The largest absolute Gasteiger partial charge is 0.475 e. The number of hydrogen-bond donors (Lipinski definition) is 1. The van der Waals surface area contributed by atoms with Crippen LogP contribution >= 0.6 is 0 Å². The molecule has 0 aliphatic heterocycles. The second-order valence-corrected chi connectivity index (χ2v) is 4.17. The van der Waals surface area contributed by atoms with E-state index in [1.54, 1.807) is 10.7 Å². The second kappa shape index (κ2) is 4.97. The second-order valence-electron chi connectivity index (χ2n) is 4.17. The highest BCUT2D eigenvalue weighted by atomic mass is 16.5. The van der Waals surface area contributed by atoms with Gasteiger partial charge in [0.2, 0.25) is 0 Å². The van der Waals surface area contributed by atoms with Crippen molar-refractivity contribution < 1.29 is 4.74 Å². The van der Waals surface area contributed by atoms with Crippen LogP contribution in [-0.2, 0) is 6.42 Å². The van der Waals surface area contributed by atoms with E-state index in [0.717, 1.165) is 17.6 Å². The van der Waals surface area contributed by atoms with E-state index in [1.807, 2.05) is 42.6 Å². The van der Waals surface area contributed by atoms with Gasteiger partial charge in [0.15, 0.2) is 0 Å². The minimum atomic E-state index is 0.474. The standard InChI is InChI=1S/C14H14N4O/c15-13-12-6-2-4-9-18(12)17-14(13)19-10-7-11-5-1-3-8-16-11/h1-6,8-9H,7,10,15H2. The molecule has 0 saturated carbocycles. The number of pyridine rings is 2. The molecule has 19 heavy (non-hydrogen) atoms. The molecular formula is C14H14N4O. The van der Waals surface area contributed by atoms with Crippen molar-refractivity contribution in [2.24, 2.45) is 0 Å². The van der Waals surface area contributed by atoms with Crippen LogP contribution in [0.15, 0.2) is 48.8 Å². The predicted molar refractivity (Wildman–Crippen MR) is 73.0 cm³/mol. The first-order valence-electron chi connectivity index (χ1n) is 6.10. The summed E-state index contributed by atoms with van der Waals surface area (Å²) in [5.74, 6) is 0.474. The number of ether oxygens (including phenoxy) is 1. The Labute approximate surface area is 110 Å². The number of aromatic nitrogens is 3. The molecule has 0 spiro atoms. The summed E-state index contributed by atoms with van der Waals surface area (Å²) in [6.07, 6.45) is 4.35. The third-order valence-electron chi connectivity index (χ3n) is 2.87. The highest BCUT2D eigenvalue weighted by Crippen LogP contribution is 2.24. The number of fused-ring (bicyclic) bond motifs is 1. The summed E-state index contributed by atoms with van der Waals surface area (Å²) in [5.41, 5.74) is 8.41. The summed E-state index contributed by atoms with van der Waals surface area (Å²) >= 11 is 0. The average molecular weight is 254 g/mol. The molecule has 0 bridgehead atoms. The Hall–Kier alpha value is -2.56. The van der Waals surface area contributed by atoms with Gasteiger partial charge in [-0.15, -0.1) is 5.10 Å². The number of anilines is 1. The van der Waals surface area contributed by atoms with Crippen LogP contribution in [0.5, 0.6) is 5.88 Å². The zero-order valence-electron chi connectivity index (χ0n) is 10.4. The number of rotatable bonds is 4. The molecule has 0 atom stereocenters. The normalized spacial score (nSPS) is 10.7. The van der Waals surface area contributed by atoms with Crippen LogP contribution in [0.25, 0.3) is 5.52 Å². The van der Waals surface area contributed by atoms with Gasteiger partial charge in [0.25, 0.3) is 5.88 Å². The molecule has 3 aromatic heterocycles. The van der Waals surface area contributed by atoms with Crippen LogP contribution < -0.4 is 10.5 Å². The van der Waals surface area contributed by atoms with Crippen molar-refractivity contribution in [3.8, 4) is 5.88 Å². The van der Waals surface area contributed by atoms with Gasteiger partial charge in [0.1, 0.15) is 5.69 Å². The van der Waals surface area contributed by atoms with Gasteiger partial charge in [-0.05, 0) is 24.3 Å². The fourth-order valence-corrected chi connectivity index (χ4v) is 1.90. The van der Waals surface area contributed by atoms with E-state index < -0.39 is 0 Å². The minimum absolute atomic E-state index is 0.474. The molecule has 0 radical (unpaired) electrons. The van der Waals surface area contributed by atoms with Gasteiger partial charge >= 0.3 is 0 Å². The lowest BCUT2D eigenvalue weighted by Crippen LogP contribution is -2.04. The Kier molecular flexibility index (Phi) is 3.02. The molecule has 0 amide bonds. The molecule has 0 aliphatic carbocycles. The molecule has 2 N–H and O–H groups in total. The summed E-state index contributed by atoms with van der Waals surface area (Å²) in [7, 11) is 0. The molecular weight excluding hydrogens is 240 g/mol. The maximum absolute atomic E-state index is 5.99. The van der Waals surface area contributed by atoms with Gasteiger partial charge in [-0.3, -0.25) is 4.98 Å². The monoisotopic (exact) mass is 254 g/mol. The Morgan fingerprint density at radius 1 is 1.16 bits per heavy atom. The Balaban J connectivity index is 1.70. The predicted octanol–water partition coefficient (Wildman–Crippen LogP) is 1.93. The van der Waals surface area contributed by atoms with Crippen LogP contribution in [0.1, 0.15) is 5.69 Å². The zero-order chi connectivity index (χ0) is 13.1. The van der Waals surface area contributed by atoms with Crippen molar-refractivity contribution in [2.45, 2.75) is 6.42 Å². The third kappa shape index (κ3) is 2.35. The van der Waals surface area contributed by atoms with Crippen molar-refractivity contribution in [3.05, 3.63) is 54.5 Å². The van der Waals surface area contributed by atoms with Gasteiger partial charge in [-0.1, -0.05) is 12.1 Å². The van der Waals surface area contributed by atoms with Crippen LogP contribution in [-0.4, -0.2) is 21.2 Å². The van der Waals surface area contributed by atoms with Crippen LogP contribution in [0.3, 0.4) is 0 Å². The fourth-order valence-electron chi connectivity index (χ4n) is 1.90. The fraction of sp³-hybridized carbons (Fsp3) is 0.143. The number of nitrogens with two attached hydrogens (primary N) is 1. The first kappa shape index (κ1) is 11.5. The lowest BCUT2D eigenvalue weighted by Gasteiger charge is -2.02. The van der Waals surface area contributed by atoms with Gasteiger partial charge in [0.05, 0.1) is 12.1 Å². The van der Waals surface area contributed by atoms with Crippen LogP contribution in [0.4, 0.5) is 5.69 Å². The van der Waals surface area contributed by atoms with E-state index in [2.05, 4.69) is 10.1 Å². The lowest BCUT2D eigenvalue weighted by atomic mass is 10.3. The molecule has 0 fully saturated rings. The van der Waals surface area contributed by atoms with E-state index in [0.29, 0.717) is 18.2 Å². The van der Waals surface area contributed by atoms with Crippen molar-refractivity contribution in [1.82, 2.24) is 14.6 Å². The van der Waals surface area contributed by atoms with Crippen molar-refractivity contribution >= 4 is 11.2 Å². The van der Waals surface area contributed by atoms with E-state index in [1.165, 1.54) is 0 Å². The number of nitrogen functional groups attached to an aromatic ring is 1. The molecule has 3 heterocycles. The first-order valence-corrected chi connectivity index (χ1v) is 6.10. The van der Waals surface area contributed by atoms with Crippen molar-refractivity contribution in [1.29, 1.82) is 0 Å². The highest BCUT2D eigenvalue weighted by Gasteiger charge is 2.09.